The Labute approximate surface area is 150 Å². The summed E-state index contributed by atoms with van der Waals surface area (Å²) in [5, 5.41) is 11.9. The topological polar surface area (TPSA) is 69.6 Å². The normalized spacial score (nSPS) is 18.5. The Hall–Kier alpha value is -1.88. The van der Waals surface area contributed by atoms with Crippen molar-refractivity contribution in [1.29, 1.82) is 0 Å². The van der Waals surface area contributed by atoms with Gasteiger partial charge < -0.3 is 10.4 Å². The number of benzene rings is 1. The van der Waals surface area contributed by atoms with E-state index in [0.717, 1.165) is 38.8 Å². The van der Waals surface area contributed by atoms with Gasteiger partial charge in [0, 0.05) is 0 Å². The zero-order valence-electron chi connectivity index (χ0n) is 15.3. The molecule has 0 saturated carbocycles. The van der Waals surface area contributed by atoms with Gasteiger partial charge in [-0.05, 0) is 57.2 Å². The van der Waals surface area contributed by atoms with Crippen molar-refractivity contribution in [2.24, 2.45) is 5.92 Å². The van der Waals surface area contributed by atoms with E-state index in [1.165, 1.54) is 5.56 Å². The molecular formula is C20H30N2O3. The van der Waals surface area contributed by atoms with Gasteiger partial charge in [0.25, 0.3) is 0 Å². The average Bonchev–Trinajstić information content (AvgIpc) is 2.62. The Bertz CT molecular complexity index is 553. The predicted molar refractivity (Wildman–Crippen MR) is 98.4 cm³/mol. The van der Waals surface area contributed by atoms with Gasteiger partial charge in [-0.15, -0.1) is 0 Å². The van der Waals surface area contributed by atoms with Gasteiger partial charge in [0.1, 0.15) is 6.04 Å². The zero-order chi connectivity index (χ0) is 18.2. The lowest BCUT2D eigenvalue weighted by atomic mass is 9.89. The van der Waals surface area contributed by atoms with Crippen molar-refractivity contribution in [3.8, 4) is 0 Å². The second-order valence-corrected chi connectivity index (χ2v) is 7.03. The summed E-state index contributed by atoms with van der Waals surface area (Å²) in [5.74, 6) is -0.480. The number of piperidine rings is 1. The Kier molecular flexibility index (Phi) is 7.44. The van der Waals surface area contributed by atoms with Crippen LogP contribution < -0.4 is 5.32 Å². The molecule has 25 heavy (non-hydrogen) atoms. The molecule has 0 aromatic heterocycles. The van der Waals surface area contributed by atoms with Crippen LogP contribution in [0.25, 0.3) is 0 Å². The molecule has 1 heterocycles. The number of rotatable bonds is 8. The number of aliphatic carboxylic acids is 1. The van der Waals surface area contributed by atoms with Gasteiger partial charge in [0.05, 0.1) is 6.04 Å². The standard InChI is InChI=1S/C20H30N2O3/c1-3-7-18(20(24)25)21-19(23)15(2)22-12-10-17(11-13-22)14-16-8-5-4-6-9-16/h4-6,8-9,15,17-18H,3,7,10-14H2,1-2H3,(H,21,23)(H,24,25). The number of likely N-dealkylation sites (tertiary alicyclic amines) is 1. The fourth-order valence-electron chi connectivity index (χ4n) is 3.50. The molecule has 2 N–H and O–H groups in total. The highest BCUT2D eigenvalue weighted by Crippen LogP contribution is 2.23. The Morgan fingerprint density at radius 1 is 1.24 bits per heavy atom. The van der Waals surface area contributed by atoms with Crippen molar-refractivity contribution in [3.63, 3.8) is 0 Å². The molecule has 2 atom stereocenters. The maximum atomic E-state index is 12.4. The van der Waals surface area contributed by atoms with Gasteiger partial charge in [0.15, 0.2) is 0 Å². The number of nitrogens with one attached hydrogen (secondary N) is 1. The van der Waals surface area contributed by atoms with Crippen LogP contribution in [0.4, 0.5) is 0 Å². The molecule has 138 valence electrons. The molecular weight excluding hydrogens is 316 g/mol. The van der Waals surface area contributed by atoms with E-state index in [1.54, 1.807) is 0 Å². The predicted octanol–water partition coefficient (Wildman–Crippen LogP) is 2.70. The number of nitrogens with zero attached hydrogens (tertiary/aromatic N) is 1. The third-order valence-electron chi connectivity index (χ3n) is 5.14. The summed E-state index contributed by atoms with van der Waals surface area (Å²) >= 11 is 0. The summed E-state index contributed by atoms with van der Waals surface area (Å²) in [7, 11) is 0. The van der Waals surface area contributed by atoms with Crippen LogP contribution in [0.2, 0.25) is 0 Å². The van der Waals surface area contributed by atoms with E-state index in [9.17, 15) is 14.7 Å². The number of carboxylic acids is 1. The molecule has 1 saturated heterocycles. The number of hydrogen-bond donors (Lipinski definition) is 2. The number of hydrogen-bond acceptors (Lipinski definition) is 3. The van der Waals surface area contributed by atoms with Crippen molar-refractivity contribution in [2.45, 2.75) is 58.0 Å². The van der Waals surface area contributed by atoms with E-state index in [-0.39, 0.29) is 11.9 Å². The second-order valence-electron chi connectivity index (χ2n) is 7.03. The fraction of sp³-hybridized carbons (Fsp3) is 0.600. The SMILES string of the molecule is CCCC(NC(=O)C(C)N1CCC(Cc2ccccc2)CC1)C(=O)O. The lowest BCUT2D eigenvalue weighted by Crippen LogP contribution is -2.52. The number of carbonyl (C=O) groups is 2. The molecule has 1 aliphatic heterocycles. The highest BCUT2D eigenvalue weighted by atomic mass is 16.4. The van der Waals surface area contributed by atoms with Crippen molar-refractivity contribution in [3.05, 3.63) is 35.9 Å². The average molecular weight is 346 g/mol. The van der Waals surface area contributed by atoms with Gasteiger partial charge in [-0.3, -0.25) is 9.69 Å². The number of carboxylic acid groups (broad SMARTS) is 1. The van der Waals surface area contributed by atoms with Crippen molar-refractivity contribution >= 4 is 11.9 Å². The van der Waals surface area contributed by atoms with E-state index >= 15 is 0 Å². The lowest BCUT2D eigenvalue weighted by Gasteiger charge is -2.35. The van der Waals surface area contributed by atoms with Gasteiger partial charge in [-0.2, -0.15) is 0 Å². The molecule has 5 nitrogen and oxygen atoms in total. The molecule has 1 aromatic carbocycles. The summed E-state index contributed by atoms with van der Waals surface area (Å²) in [6.45, 7) is 5.57. The first-order valence-electron chi connectivity index (χ1n) is 9.32. The van der Waals surface area contributed by atoms with E-state index in [4.69, 9.17) is 0 Å². The second kappa shape index (κ2) is 9.56. The van der Waals surface area contributed by atoms with Crippen LogP contribution in [-0.2, 0) is 16.0 Å². The fourth-order valence-corrected chi connectivity index (χ4v) is 3.50. The minimum atomic E-state index is -0.955. The van der Waals surface area contributed by atoms with Gasteiger partial charge in [-0.25, -0.2) is 4.79 Å². The molecule has 0 radical (unpaired) electrons. The molecule has 2 unspecified atom stereocenters. The quantitative estimate of drug-likeness (QED) is 0.759. The Morgan fingerprint density at radius 2 is 1.88 bits per heavy atom. The summed E-state index contributed by atoms with van der Waals surface area (Å²) in [6, 6.07) is 9.46. The summed E-state index contributed by atoms with van der Waals surface area (Å²) < 4.78 is 0. The van der Waals surface area contributed by atoms with Crippen LogP contribution in [0.15, 0.2) is 30.3 Å². The first-order chi connectivity index (χ1) is 12.0. The van der Waals surface area contributed by atoms with Crippen molar-refractivity contribution in [2.75, 3.05) is 13.1 Å². The molecule has 1 amide bonds. The van der Waals surface area contributed by atoms with E-state index in [2.05, 4.69) is 34.5 Å². The smallest absolute Gasteiger partial charge is 0.326 e. The van der Waals surface area contributed by atoms with E-state index in [0.29, 0.717) is 12.3 Å². The molecule has 2 rings (SSSR count). The molecule has 1 fully saturated rings. The van der Waals surface area contributed by atoms with Crippen molar-refractivity contribution < 1.29 is 14.7 Å². The summed E-state index contributed by atoms with van der Waals surface area (Å²) in [6.07, 6.45) is 4.43. The molecule has 5 heteroatoms. The van der Waals surface area contributed by atoms with Gasteiger partial charge in [-0.1, -0.05) is 43.7 Å². The van der Waals surface area contributed by atoms with Crippen molar-refractivity contribution in [1.82, 2.24) is 10.2 Å². The summed E-state index contributed by atoms with van der Waals surface area (Å²) in [4.78, 5) is 25.8. The molecule has 1 aliphatic rings. The van der Waals surface area contributed by atoms with E-state index in [1.807, 2.05) is 19.9 Å². The van der Waals surface area contributed by atoms with Gasteiger partial charge >= 0.3 is 5.97 Å². The third kappa shape index (κ3) is 5.85. The minimum Gasteiger partial charge on any atom is -0.480 e. The first kappa shape index (κ1) is 19.4. The molecule has 1 aromatic rings. The van der Waals surface area contributed by atoms with Crippen LogP contribution in [0.3, 0.4) is 0 Å². The van der Waals surface area contributed by atoms with Crippen LogP contribution in [0.1, 0.15) is 45.1 Å². The number of amides is 1. The third-order valence-corrected chi connectivity index (χ3v) is 5.14. The van der Waals surface area contributed by atoms with E-state index < -0.39 is 12.0 Å². The van der Waals surface area contributed by atoms with Gasteiger partial charge in [0.2, 0.25) is 5.91 Å². The zero-order valence-corrected chi connectivity index (χ0v) is 15.3. The maximum Gasteiger partial charge on any atom is 0.326 e. The minimum absolute atomic E-state index is 0.178. The summed E-state index contributed by atoms with van der Waals surface area (Å²) in [5.41, 5.74) is 1.37. The number of carbonyl (C=O) groups excluding carboxylic acids is 1. The highest BCUT2D eigenvalue weighted by Gasteiger charge is 2.29. The lowest BCUT2D eigenvalue weighted by molar-refractivity contribution is -0.143. The largest absolute Gasteiger partial charge is 0.480 e. The maximum absolute atomic E-state index is 12.4. The molecule has 0 spiro atoms. The highest BCUT2D eigenvalue weighted by molar-refractivity contribution is 5.86. The Balaban J connectivity index is 1.80. The molecule has 0 aliphatic carbocycles. The molecule has 0 bridgehead atoms. The van der Waals surface area contributed by atoms with Crippen LogP contribution in [0, 0.1) is 5.92 Å². The van der Waals surface area contributed by atoms with Crippen LogP contribution in [0.5, 0.6) is 0 Å². The first-order valence-corrected chi connectivity index (χ1v) is 9.32. The van der Waals surface area contributed by atoms with Crippen LogP contribution >= 0.6 is 0 Å². The van der Waals surface area contributed by atoms with Crippen LogP contribution in [-0.4, -0.2) is 47.1 Å². The monoisotopic (exact) mass is 346 g/mol. The Morgan fingerprint density at radius 3 is 2.44 bits per heavy atom.